The first-order valence-electron chi connectivity index (χ1n) is 9.76. The normalized spacial score (nSPS) is 11.9. The molecule has 1 atom stereocenters. The zero-order chi connectivity index (χ0) is 20.2. The molecule has 152 valence electrons. The zero-order valence-electron chi connectivity index (χ0n) is 17.1. The molecule has 0 heterocycles. The Labute approximate surface area is 163 Å². The van der Waals surface area contributed by atoms with Crippen LogP contribution >= 0.6 is 0 Å². The van der Waals surface area contributed by atoms with Crippen molar-refractivity contribution in [3.8, 4) is 0 Å². The first-order chi connectivity index (χ1) is 12.8. The number of aliphatic hydroxyl groups is 1. The van der Waals surface area contributed by atoms with Gasteiger partial charge in [-0.3, -0.25) is 4.79 Å². The molecule has 0 aliphatic carbocycles. The fourth-order valence-electron chi connectivity index (χ4n) is 2.75. The lowest BCUT2D eigenvalue weighted by Crippen LogP contribution is -2.52. The number of hydrogen-bond donors (Lipinski definition) is 2. The summed E-state index contributed by atoms with van der Waals surface area (Å²) in [7, 11) is 3.40. The second-order valence-corrected chi connectivity index (χ2v) is 7.52. The molecule has 1 rings (SSSR count). The third kappa shape index (κ3) is 8.91. The molecule has 1 aromatic carbocycles. The van der Waals surface area contributed by atoms with E-state index in [4.69, 9.17) is 5.11 Å². The fourth-order valence-corrected chi connectivity index (χ4v) is 2.75. The maximum Gasteiger partial charge on any atom is 0.318 e. The predicted octanol–water partition coefficient (Wildman–Crippen LogP) is 2.52. The molecule has 1 aromatic rings. The first-order valence-corrected chi connectivity index (χ1v) is 9.76. The molecule has 3 amide bonds. The Morgan fingerprint density at radius 2 is 1.74 bits per heavy atom. The number of hydrogen-bond acceptors (Lipinski definition) is 3. The average Bonchev–Trinajstić information content (AvgIpc) is 2.63. The number of rotatable bonds is 11. The van der Waals surface area contributed by atoms with Crippen LogP contribution in [0.2, 0.25) is 0 Å². The third-order valence-corrected chi connectivity index (χ3v) is 4.42. The van der Waals surface area contributed by atoms with E-state index in [2.05, 4.69) is 19.2 Å². The second-order valence-electron chi connectivity index (χ2n) is 7.52. The Bertz CT molecular complexity index is 561. The second kappa shape index (κ2) is 12.3. The summed E-state index contributed by atoms with van der Waals surface area (Å²) in [5.41, 5.74) is 1.01. The number of likely N-dealkylation sites (N-methyl/N-ethyl adjacent to an activating group) is 1. The summed E-state index contributed by atoms with van der Waals surface area (Å²) in [5, 5.41) is 11.9. The summed E-state index contributed by atoms with van der Waals surface area (Å²) in [6.45, 7) is 5.58. The number of urea groups is 1. The Hall–Kier alpha value is -2.08. The lowest BCUT2D eigenvalue weighted by molar-refractivity contribution is -0.130. The molecule has 0 saturated carbocycles. The minimum absolute atomic E-state index is 0.119. The van der Waals surface area contributed by atoms with E-state index in [1.165, 1.54) is 4.90 Å². The smallest absolute Gasteiger partial charge is 0.318 e. The van der Waals surface area contributed by atoms with E-state index in [9.17, 15) is 9.59 Å². The highest BCUT2D eigenvalue weighted by molar-refractivity contribution is 5.87. The van der Waals surface area contributed by atoms with Gasteiger partial charge >= 0.3 is 6.03 Å². The van der Waals surface area contributed by atoms with Crippen molar-refractivity contribution >= 4 is 11.9 Å². The van der Waals surface area contributed by atoms with E-state index >= 15 is 0 Å². The molecule has 0 spiro atoms. The van der Waals surface area contributed by atoms with Gasteiger partial charge in [0.2, 0.25) is 5.91 Å². The molecule has 0 aliphatic heterocycles. The number of aliphatic hydroxyl groups excluding tert-OH is 1. The van der Waals surface area contributed by atoms with Gasteiger partial charge in [-0.2, -0.15) is 0 Å². The van der Waals surface area contributed by atoms with E-state index < -0.39 is 6.04 Å². The molecule has 6 nitrogen and oxygen atoms in total. The van der Waals surface area contributed by atoms with Gasteiger partial charge in [0.1, 0.15) is 6.04 Å². The Morgan fingerprint density at radius 1 is 1.07 bits per heavy atom. The molecule has 6 heteroatoms. The van der Waals surface area contributed by atoms with Crippen molar-refractivity contribution < 1.29 is 14.7 Å². The molecule has 0 saturated heterocycles. The van der Waals surface area contributed by atoms with Gasteiger partial charge < -0.3 is 20.2 Å². The van der Waals surface area contributed by atoms with Crippen molar-refractivity contribution in [3.63, 3.8) is 0 Å². The van der Waals surface area contributed by atoms with Gasteiger partial charge in [-0.25, -0.2) is 4.79 Å². The van der Waals surface area contributed by atoms with Crippen LogP contribution in [0.1, 0.15) is 38.7 Å². The van der Waals surface area contributed by atoms with Gasteiger partial charge in [0, 0.05) is 40.2 Å². The molecular formula is C21H35N3O3. The lowest BCUT2D eigenvalue weighted by atomic mass is 10.1. The van der Waals surface area contributed by atoms with Gasteiger partial charge in [-0.1, -0.05) is 44.2 Å². The highest BCUT2D eigenvalue weighted by Crippen LogP contribution is 2.08. The molecule has 2 N–H and O–H groups in total. The fraction of sp³-hybridized carbons (Fsp3) is 0.619. The largest absolute Gasteiger partial charge is 0.396 e. The quantitative estimate of drug-likeness (QED) is 0.582. The minimum Gasteiger partial charge on any atom is -0.396 e. The topological polar surface area (TPSA) is 72.9 Å². The van der Waals surface area contributed by atoms with Crippen LogP contribution in [0.25, 0.3) is 0 Å². The summed E-state index contributed by atoms with van der Waals surface area (Å²) in [5.74, 6) is 0.369. The predicted molar refractivity (Wildman–Crippen MR) is 109 cm³/mol. The number of nitrogens with zero attached hydrogens (tertiary/aromatic N) is 2. The molecule has 0 bridgehead atoms. The van der Waals surface area contributed by atoms with Crippen molar-refractivity contribution in [2.24, 2.45) is 5.92 Å². The van der Waals surface area contributed by atoms with E-state index in [1.54, 1.807) is 19.0 Å². The average molecular weight is 378 g/mol. The molecule has 1 unspecified atom stereocenters. The van der Waals surface area contributed by atoms with Crippen LogP contribution in [-0.2, 0) is 11.2 Å². The minimum atomic E-state index is -0.603. The monoisotopic (exact) mass is 377 g/mol. The molecular weight excluding hydrogens is 342 g/mol. The summed E-state index contributed by atoms with van der Waals surface area (Å²) in [6, 6.07) is 8.88. The Morgan fingerprint density at radius 3 is 2.30 bits per heavy atom. The van der Waals surface area contributed by atoms with Crippen LogP contribution in [-0.4, -0.2) is 66.7 Å². The molecule has 0 radical (unpaired) electrons. The van der Waals surface area contributed by atoms with Crippen molar-refractivity contribution in [1.82, 2.24) is 15.1 Å². The highest BCUT2D eigenvalue weighted by atomic mass is 16.3. The third-order valence-electron chi connectivity index (χ3n) is 4.42. The van der Waals surface area contributed by atoms with Crippen molar-refractivity contribution in [2.45, 2.75) is 45.6 Å². The number of unbranched alkanes of at least 4 members (excludes halogenated alkanes) is 1. The lowest BCUT2D eigenvalue weighted by Gasteiger charge is -2.28. The standard InChI is InChI=1S/C21H35N3O3/c1-17(2)12-14-24(13-8-9-15-25)21(27)22-19(20(26)23(3)4)16-18-10-6-5-7-11-18/h5-7,10-11,17,19,25H,8-9,12-16H2,1-4H3,(H,22,27). The van der Waals surface area contributed by atoms with Crippen LogP contribution in [0.4, 0.5) is 4.79 Å². The van der Waals surface area contributed by atoms with Crippen molar-refractivity contribution in [1.29, 1.82) is 0 Å². The summed E-state index contributed by atoms with van der Waals surface area (Å²) >= 11 is 0. The maximum absolute atomic E-state index is 12.9. The summed E-state index contributed by atoms with van der Waals surface area (Å²) in [4.78, 5) is 28.7. The van der Waals surface area contributed by atoms with Crippen LogP contribution in [0, 0.1) is 5.92 Å². The van der Waals surface area contributed by atoms with Crippen molar-refractivity contribution in [2.75, 3.05) is 33.8 Å². The van der Waals surface area contributed by atoms with E-state index in [0.29, 0.717) is 31.8 Å². The molecule has 27 heavy (non-hydrogen) atoms. The van der Waals surface area contributed by atoms with E-state index in [1.807, 2.05) is 30.3 Å². The van der Waals surface area contributed by atoms with Crippen LogP contribution < -0.4 is 5.32 Å². The number of carbonyl (C=O) groups excluding carboxylic acids is 2. The van der Waals surface area contributed by atoms with Crippen molar-refractivity contribution in [3.05, 3.63) is 35.9 Å². The number of amides is 3. The summed E-state index contributed by atoms with van der Waals surface area (Å²) < 4.78 is 0. The van der Waals surface area contributed by atoms with Gasteiger partial charge in [-0.05, 0) is 30.7 Å². The van der Waals surface area contributed by atoms with Crippen LogP contribution in [0.15, 0.2) is 30.3 Å². The van der Waals surface area contributed by atoms with Crippen LogP contribution in [0.5, 0.6) is 0 Å². The van der Waals surface area contributed by atoms with Gasteiger partial charge in [0.05, 0.1) is 0 Å². The van der Waals surface area contributed by atoms with Gasteiger partial charge in [0.15, 0.2) is 0 Å². The SMILES string of the molecule is CC(C)CCN(CCCCO)C(=O)NC(Cc1ccccc1)C(=O)N(C)C. The zero-order valence-corrected chi connectivity index (χ0v) is 17.1. The van der Waals surface area contributed by atoms with E-state index in [0.717, 1.165) is 18.4 Å². The maximum atomic E-state index is 12.9. The first kappa shape index (κ1) is 23.0. The Balaban J connectivity index is 2.83. The van der Waals surface area contributed by atoms with Gasteiger partial charge in [0.25, 0.3) is 0 Å². The number of benzene rings is 1. The number of carbonyl (C=O) groups is 2. The van der Waals surface area contributed by atoms with Gasteiger partial charge in [-0.15, -0.1) is 0 Å². The Kier molecular flexibility index (Phi) is 10.5. The molecule has 0 fully saturated rings. The molecule has 0 aliphatic rings. The van der Waals surface area contributed by atoms with Crippen LogP contribution in [0.3, 0.4) is 0 Å². The summed E-state index contributed by atoms with van der Waals surface area (Å²) in [6.07, 6.45) is 2.76. The number of nitrogens with one attached hydrogen (secondary N) is 1. The van der Waals surface area contributed by atoms with E-state index in [-0.39, 0.29) is 18.5 Å². The highest BCUT2D eigenvalue weighted by Gasteiger charge is 2.25. The molecule has 0 aromatic heterocycles.